The van der Waals surface area contributed by atoms with Gasteiger partial charge in [-0.25, -0.2) is 4.68 Å². The molecule has 1 fully saturated rings. The predicted octanol–water partition coefficient (Wildman–Crippen LogP) is 2.98. The number of rotatable bonds is 5. The number of nitrogens with one attached hydrogen (secondary N) is 2. The normalized spacial score (nSPS) is 17.2. The summed E-state index contributed by atoms with van der Waals surface area (Å²) in [7, 11) is 0. The third kappa shape index (κ3) is 3.70. The van der Waals surface area contributed by atoms with E-state index in [-0.39, 0.29) is 5.91 Å². The molecule has 1 saturated heterocycles. The molecular formula is C18H23BrN4O. The van der Waals surface area contributed by atoms with Crippen LogP contribution in [0.15, 0.2) is 28.7 Å². The lowest BCUT2D eigenvalue weighted by molar-refractivity contribution is 0.0951. The van der Waals surface area contributed by atoms with Gasteiger partial charge in [0.2, 0.25) is 0 Å². The van der Waals surface area contributed by atoms with Gasteiger partial charge in [0.05, 0.1) is 21.5 Å². The number of hydrogen-bond donors (Lipinski definition) is 2. The van der Waals surface area contributed by atoms with Crippen LogP contribution in [0.5, 0.6) is 0 Å². The Morgan fingerprint density at radius 3 is 2.71 bits per heavy atom. The average Bonchev–Trinajstić information content (AvgIpc) is 3.19. The number of carbonyl (C=O) groups is 1. The Labute approximate surface area is 151 Å². The fraction of sp³-hybridized carbons (Fsp3) is 0.444. The quantitative estimate of drug-likeness (QED) is 0.824. The Morgan fingerprint density at radius 2 is 2.12 bits per heavy atom. The van der Waals surface area contributed by atoms with Crippen LogP contribution in [0, 0.1) is 19.8 Å². The molecule has 1 aromatic carbocycles. The molecule has 1 amide bonds. The molecule has 2 aromatic rings. The van der Waals surface area contributed by atoms with E-state index in [2.05, 4.69) is 31.7 Å². The molecule has 3 rings (SSSR count). The largest absolute Gasteiger partial charge is 0.352 e. The van der Waals surface area contributed by atoms with Crippen LogP contribution in [0.2, 0.25) is 0 Å². The summed E-state index contributed by atoms with van der Waals surface area (Å²) in [5, 5.41) is 10.9. The molecule has 0 radical (unpaired) electrons. The highest BCUT2D eigenvalue weighted by molar-refractivity contribution is 9.10. The van der Waals surface area contributed by atoms with E-state index < -0.39 is 0 Å². The summed E-state index contributed by atoms with van der Waals surface area (Å²) in [6.07, 6.45) is 2.25. The first-order valence-corrected chi connectivity index (χ1v) is 9.16. The van der Waals surface area contributed by atoms with Gasteiger partial charge in [-0.15, -0.1) is 0 Å². The maximum Gasteiger partial charge on any atom is 0.251 e. The van der Waals surface area contributed by atoms with Gasteiger partial charge in [-0.3, -0.25) is 4.79 Å². The molecule has 128 valence electrons. The van der Waals surface area contributed by atoms with Gasteiger partial charge in [-0.2, -0.15) is 5.10 Å². The molecule has 2 heterocycles. The van der Waals surface area contributed by atoms with Crippen LogP contribution in [0.1, 0.15) is 34.6 Å². The van der Waals surface area contributed by atoms with Crippen molar-refractivity contribution < 1.29 is 4.79 Å². The molecule has 6 heteroatoms. The second-order valence-electron chi connectivity index (χ2n) is 6.35. The van der Waals surface area contributed by atoms with E-state index in [0.717, 1.165) is 47.6 Å². The molecule has 1 aliphatic heterocycles. The molecule has 0 spiro atoms. The minimum atomic E-state index is -0.0120. The number of carbonyl (C=O) groups excluding carboxylic acids is 1. The minimum Gasteiger partial charge on any atom is -0.352 e. The Balaban J connectivity index is 1.61. The fourth-order valence-electron chi connectivity index (χ4n) is 3.08. The van der Waals surface area contributed by atoms with Crippen molar-refractivity contribution in [2.45, 2.75) is 26.7 Å². The molecule has 1 aliphatic rings. The van der Waals surface area contributed by atoms with Crippen molar-refractivity contribution in [2.75, 3.05) is 19.6 Å². The van der Waals surface area contributed by atoms with E-state index in [1.807, 2.05) is 42.8 Å². The van der Waals surface area contributed by atoms with Crippen molar-refractivity contribution in [1.82, 2.24) is 20.4 Å². The van der Waals surface area contributed by atoms with E-state index in [1.165, 1.54) is 6.42 Å². The summed E-state index contributed by atoms with van der Waals surface area (Å²) in [5.41, 5.74) is 3.64. The van der Waals surface area contributed by atoms with E-state index in [0.29, 0.717) is 11.5 Å². The van der Waals surface area contributed by atoms with Crippen molar-refractivity contribution >= 4 is 21.8 Å². The van der Waals surface area contributed by atoms with Crippen LogP contribution in [-0.4, -0.2) is 35.3 Å². The molecule has 2 N–H and O–H groups in total. The van der Waals surface area contributed by atoms with Gasteiger partial charge in [-0.05, 0) is 85.9 Å². The summed E-state index contributed by atoms with van der Waals surface area (Å²) in [6.45, 7) is 6.89. The van der Waals surface area contributed by atoms with Crippen molar-refractivity contribution in [1.29, 1.82) is 0 Å². The molecule has 1 atom stereocenters. The molecule has 1 unspecified atom stereocenters. The van der Waals surface area contributed by atoms with Gasteiger partial charge in [0.25, 0.3) is 5.91 Å². The van der Waals surface area contributed by atoms with Crippen LogP contribution in [-0.2, 0) is 0 Å². The van der Waals surface area contributed by atoms with Crippen molar-refractivity contribution in [2.24, 2.45) is 5.92 Å². The van der Waals surface area contributed by atoms with Crippen LogP contribution < -0.4 is 10.6 Å². The van der Waals surface area contributed by atoms with Gasteiger partial charge >= 0.3 is 0 Å². The highest BCUT2D eigenvalue weighted by atomic mass is 79.9. The Morgan fingerprint density at radius 1 is 1.38 bits per heavy atom. The lowest BCUT2D eigenvalue weighted by atomic mass is 10.1. The number of halogens is 1. The summed E-state index contributed by atoms with van der Waals surface area (Å²) in [6, 6.07) is 7.57. The van der Waals surface area contributed by atoms with E-state index in [4.69, 9.17) is 0 Å². The number of aryl methyl sites for hydroxylation is 1. The average molecular weight is 391 g/mol. The second-order valence-corrected chi connectivity index (χ2v) is 7.14. The lowest BCUT2D eigenvalue weighted by Gasteiger charge is -2.10. The van der Waals surface area contributed by atoms with Crippen LogP contribution in [0.3, 0.4) is 0 Å². The van der Waals surface area contributed by atoms with Crippen molar-refractivity contribution in [3.8, 4) is 5.69 Å². The first kappa shape index (κ1) is 17.2. The van der Waals surface area contributed by atoms with Crippen molar-refractivity contribution in [3.63, 3.8) is 0 Å². The maximum absolute atomic E-state index is 12.2. The van der Waals surface area contributed by atoms with Crippen molar-refractivity contribution in [3.05, 3.63) is 45.7 Å². The fourth-order valence-corrected chi connectivity index (χ4v) is 3.33. The standard InChI is InChI=1S/C18H23BrN4O/c1-12-17(19)13(2)23(22-12)16-5-3-15(4-6-16)18(24)21-10-8-14-7-9-20-11-14/h3-6,14,20H,7-11H2,1-2H3,(H,21,24). The number of amides is 1. The Bertz CT molecular complexity index is 717. The van der Waals surface area contributed by atoms with Gasteiger partial charge in [0.15, 0.2) is 0 Å². The number of aromatic nitrogens is 2. The summed E-state index contributed by atoms with van der Waals surface area (Å²) in [4.78, 5) is 12.2. The number of hydrogen-bond acceptors (Lipinski definition) is 3. The maximum atomic E-state index is 12.2. The summed E-state index contributed by atoms with van der Waals surface area (Å²) < 4.78 is 2.90. The Kier molecular flexibility index (Phi) is 5.36. The second kappa shape index (κ2) is 7.49. The lowest BCUT2D eigenvalue weighted by Crippen LogP contribution is -2.26. The van der Waals surface area contributed by atoms with Gasteiger partial charge in [0, 0.05) is 12.1 Å². The molecule has 5 nitrogen and oxygen atoms in total. The van der Waals surface area contributed by atoms with Crippen LogP contribution >= 0.6 is 15.9 Å². The van der Waals surface area contributed by atoms with E-state index >= 15 is 0 Å². The molecular weight excluding hydrogens is 368 g/mol. The monoisotopic (exact) mass is 390 g/mol. The third-order valence-corrected chi connectivity index (χ3v) is 5.73. The molecule has 24 heavy (non-hydrogen) atoms. The predicted molar refractivity (Wildman–Crippen MR) is 98.7 cm³/mol. The Hall–Kier alpha value is -1.66. The summed E-state index contributed by atoms with van der Waals surface area (Å²) in [5.74, 6) is 0.680. The van der Waals surface area contributed by atoms with Crippen LogP contribution in [0.4, 0.5) is 0 Å². The number of nitrogens with zero attached hydrogens (tertiary/aromatic N) is 2. The zero-order valence-corrected chi connectivity index (χ0v) is 15.7. The molecule has 0 bridgehead atoms. The zero-order valence-electron chi connectivity index (χ0n) is 14.1. The van der Waals surface area contributed by atoms with Gasteiger partial charge in [-0.1, -0.05) is 0 Å². The highest BCUT2D eigenvalue weighted by Crippen LogP contribution is 2.23. The smallest absolute Gasteiger partial charge is 0.251 e. The zero-order chi connectivity index (χ0) is 17.1. The van der Waals surface area contributed by atoms with Crippen LogP contribution in [0.25, 0.3) is 5.69 Å². The summed E-state index contributed by atoms with van der Waals surface area (Å²) >= 11 is 3.54. The van der Waals surface area contributed by atoms with Gasteiger partial charge in [0.1, 0.15) is 0 Å². The first-order chi connectivity index (χ1) is 11.6. The number of benzene rings is 1. The molecule has 0 aliphatic carbocycles. The highest BCUT2D eigenvalue weighted by Gasteiger charge is 2.15. The van der Waals surface area contributed by atoms with Gasteiger partial charge < -0.3 is 10.6 Å². The SMILES string of the molecule is Cc1nn(-c2ccc(C(=O)NCCC3CCNC3)cc2)c(C)c1Br. The third-order valence-electron chi connectivity index (χ3n) is 4.58. The molecule has 0 saturated carbocycles. The minimum absolute atomic E-state index is 0.0120. The van der Waals surface area contributed by atoms with E-state index in [1.54, 1.807) is 0 Å². The first-order valence-electron chi connectivity index (χ1n) is 8.37. The van der Waals surface area contributed by atoms with E-state index in [9.17, 15) is 4.79 Å². The topological polar surface area (TPSA) is 59.0 Å². The molecule has 1 aromatic heterocycles.